The Morgan fingerprint density at radius 1 is 1.48 bits per heavy atom. The van der Waals surface area contributed by atoms with E-state index < -0.39 is 12.3 Å². The molecule has 1 amide bonds. The van der Waals surface area contributed by atoms with Crippen LogP contribution in [-0.4, -0.2) is 22.4 Å². The summed E-state index contributed by atoms with van der Waals surface area (Å²) >= 11 is 0.926. The van der Waals surface area contributed by atoms with Gasteiger partial charge in [-0.2, -0.15) is 0 Å². The zero-order valence-electron chi connectivity index (χ0n) is 10.9. The van der Waals surface area contributed by atoms with Gasteiger partial charge in [-0.15, -0.1) is 11.3 Å². The number of thiazole rings is 1. The second kappa shape index (κ2) is 5.45. The quantitative estimate of drug-likeness (QED) is 0.907. The van der Waals surface area contributed by atoms with Crippen LogP contribution in [0.3, 0.4) is 0 Å². The third-order valence-electron chi connectivity index (χ3n) is 3.28. The fourth-order valence-electron chi connectivity index (χ4n) is 2.33. The molecule has 0 atom stereocenters. The van der Waals surface area contributed by atoms with E-state index in [4.69, 9.17) is 5.73 Å². The van der Waals surface area contributed by atoms with E-state index >= 15 is 0 Å². The average molecular weight is 310 g/mol. The number of carbonyl (C=O) groups excluding carboxylic acids is 1. The fourth-order valence-corrected chi connectivity index (χ4v) is 3.15. The minimum absolute atomic E-state index is 0.138. The van der Waals surface area contributed by atoms with E-state index in [2.05, 4.69) is 15.3 Å². The molecule has 1 aliphatic rings. The largest absolute Gasteiger partial charge is 0.364 e. The molecule has 0 fully saturated rings. The van der Waals surface area contributed by atoms with E-state index in [-0.39, 0.29) is 10.7 Å². The number of amides is 1. The molecule has 0 saturated carbocycles. The van der Waals surface area contributed by atoms with Crippen molar-refractivity contribution in [2.45, 2.75) is 19.4 Å². The van der Waals surface area contributed by atoms with Crippen molar-refractivity contribution in [2.24, 2.45) is 5.73 Å². The highest BCUT2D eigenvalue weighted by molar-refractivity contribution is 7.15. The first-order chi connectivity index (χ1) is 10.1. The third-order valence-corrected chi connectivity index (χ3v) is 4.32. The summed E-state index contributed by atoms with van der Waals surface area (Å²) in [7, 11) is 0. The molecule has 110 valence electrons. The number of nitrogens with two attached hydrogens (primary N) is 1. The number of nitrogens with zero attached hydrogens (tertiary/aromatic N) is 2. The molecule has 2 aromatic heterocycles. The van der Waals surface area contributed by atoms with Crippen molar-refractivity contribution in [1.82, 2.24) is 15.3 Å². The fraction of sp³-hybridized carbons (Fsp3) is 0.308. The lowest BCUT2D eigenvalue weighted by molar-refractivity contribution is 0.0995. The van der Waals surface area contributed by atoms with Crippen LogP contribution in [0.5, 0.6) is 0 Å². The Morgan fingerprint density at radius 2 is 2.29 bits per heavy atom. The maximum atomic E-state index is 12.7. The molecule has 3 N–H and O–H groups in total. The van der Waals surface area contributed by atoms with Gasteiger partial charge in [-0.05, 0) is 24.6 Å². The lowest BCUT2D eigenvalue weighted by atomic mass is 9.98. The molecule has 0 unspecified atom stereocenters. The minimum Gasteiger partial charge on any atom is -0.364 e. The van der Waals surface area contributed by atoms with Crippen LogP contribution in [0.15, 0.2) is 12.3 Å². The number of alkyl halides is 2. The summed E-state index contributed by atoms with van der Waals surface area (Å²) in [6.45, 7) is 1.31. The molecule has 0 saturated heterocycles. The first kappa shape index (κ1) is 14.0. The summed E-state index contributed by atoms with van der Waals surface area (Å²) in [5, 5.41) is 2.93. The molecule has 0 radical (unpaired) electrons. The van der Waals surface area contributed by atoms with Crippen molar-refractivity contribution in [2.75, 3.05) is 6.54 Å². The minimum atomic E-state index is -2.60. The molecule has 2 aromatic rings. The Morgan fingerprint density at radius 3 is 2.95 bits per heavy atom. The number of aromatic nitrogens is 2. The van der Waals surface area contributed by atoms with Gasteiger partial charge in [0.25, 0.3) is 12.3 Å². The standard InChI is InChI=1S/C13H12F2N4OS/c14-11(15)13-18-5-10(21-13)7-3-8(12(16)20)19-9-4-17-2-1-6(7)9/h3,5,11,17H,1-2,4H2,(H2,16,20). The summed E-state index contributed by atoms with van der Waals surface area (Å²) in [4.78, 5) is 20.0. The van der Waals surface area contributed by atoms with E-state index in [0.717, 1.165) is 41.1 Å². The Balaban J connectivity index is 2.14. The number of carbonyl (C=O) groups is 1. The molecule has 0 spiro atoms. The Bertz CT molecular complexity index is 701. The molecule has 21 heavy (non-hydrogen) atoms. The molecule has 1 aliphatic heterocycles. The Labute approximate surface area is 123 Å². The van der Waals surface area contributed by atoms with Crippen LogP contribution in [0, 0.1) is 0 Å². The van der Waals surface area contributed by atoms with Crippen LogP contribution in [0.4, 0.5) is 8.78 Å². The predicted octanol–water partition coefficient (Wildman–Crippen LogP) is 1.89. The normalized spacial score (nSPS) is 14.2. The smallest absolute Gasteiger partial charge is 0.289 e. The first-order valence-corrected chi connectivity index (χ1v) is 7.15. The van der Waals surface area contributed by atoms with Crippen LogP contribution in [0.2, 0.25) is 0 Å². The summed E-state index contributed by atoms with van der Waals surface area (Å²) in [6.07, 6.45) is -0.466. The highest BCUT2D eigenvalue weighted by atomic mass is 32.1. The first-order valence-electron chi connectivity index (χ1n) is 6.34. The van der Waals surface area contributed by atoms with Gasteiger partial charge < -0.3 is 11.1 Å². The maximum Gasteiger partial charge on any atom is 0.289 e. The van der Waals surface area contributed by atoms with E-state index in [9.17, 15) is 13.6 Å². The van der Waals surface area contributed by atoms with Gasteiger partial charge in [0.15, 0.2) is 5.01 Å². The van der Waals surface area contributed by atoms with Gasteiger partial charge in [0, 0.05) is 18.3 Å². The van der Waals surface area contributed by atoms with E-state index in [1.165, 1.54) is 6.20 Å². The van der Waals surface area contributed by atoms with Crippen molar-refractivity contribution in [3.8, 4) is 10.4 Å². The number of primary amides is 1. The summed E-state index contributed by atoms with van der Waals surface area (Å²) in [6, 6.07) is 1.56. The van der Waals surface area contributed by atoms with Gasteiger partial charge in [0.1, 0.15) is 5.69 Å². The molecule has 0 bridgehead atoms. The molecule has 5 nitrogen and oxygen atoms in total. The number of pyridine rings is 1. The molecule has 8 heteroatoms. The van der Waals surface area contributed by atoms with E-state index in [1.807, 2.05) is 0 Å². The van der Waals surface area contributed by atoms with Gasteiger partial charge in [-0.1, -0.05) is 0 Å². The zero-order valence-corrected chi connectivity index (χ0v) is 11.7. The molecule has 0 aromatic carbocycles. The lowest BCUT2D eigenvalue weighted by Gasteiger charge is -2.19. The zero-order chi connectivity index (χ0) is 15.0. The second-order valence-electron chi connectivity index (χ2n) is 4.63. The number of halogens is 2. The predicted molar refractivity (Wildman–Crippen MR) is 74.2 cm³/mol. The number of nitrogens with one attached hydrogen (secondary N) is 1. The van der Waals surface area contributed by atoms with Crippen LogP contribution in [0.1, 0.15) is 33.2 Å². The maximum absolute atomic E-state index is 12.7. The van der Waals surface area contributed by atoms with Crippen molar-refractivity contribution < 1.29 is 13.6 Å². The molecule has 3 heterocycles. The van der Waals surface area contributed by atoms with Crippen molar-refractivity contribution in [1.29, 1.82) is 0 Å². The van der Waals surface area contributed by atoms with Crippen LogP contribution >= 0.6 is 11.3 Å². The molecular weight excluding hydrogens is 298 g/mol. The number of hydrogen-bond acceptors (Lipinski definition) is 5. The van der Waals surface area contributed by atoms with Gasteiger partial charge >= 0.3 is 0 Å². The van der Waals surface area contributed by atoms with Gasteiger partial charge in [-0.3, -0.25) is 4.79 Å². The van der Waals surface area contributed by atoms with Gasteiger partial charge in [0.2, 0.25) is 0 Å². The monoisotopic (exact) mass is 310 g/mol. The van der Waals surface area contributed by atoms with Crippen LogP contribution < -0.4 is 11.1 Å². The molecular formula is C13H12F2N4OS. The van der Waals surface area contributed by atoms with E-state index in [1.54, 1.807) is 6.07 Å². The van der Waals surface area contributed by atoms with E-state index in [0.29, 0.717) is 11.4 Å². The van der Waals surface area contributed by atoms with Crippen molar-refractivity contribution in [3.05, 3.63) is 34.2 Å². The van der Waals surface area contributed by atoms with Crippen LogP contribution in [-0.2, 0) is 13.0 Å². The molecule has 0 aliphatic carbocycles. The van der Waals surface area contributed by atoms with Crippen molar-refractivity contribution in [3.63, 3.8) is 0 Å². The molecule has 3 rings (SSSR count). The van der Waals surface area contributed by atoms with Gasteiger partial charge in [-0.25, -0.2) is 18.7 Å². The lowest BCUT2D eigenvalue weighted by Crippen LogP contribution is -2.27. The van der Waals surface area contributed by atoms with Crippen LogP contribution in [0.25, 0.3) is 10.4 Å². The topological polar surface area (TPSA) is 80.9 Å². The van der Waals surface area contributed by atoms with Gasteiger partial charge in [0.05, 0.1) is 10.6 Å². The van der Waals surface area contributed by atoms with Crippen molar-refractivity contribution >= 4 is 17.2 Å². The summed E-state index contributed by atoms with van der Waals surface area (Å²) in [5.41, 5.74) is 7.85. The number of rotatable bonds is 3. The third kappa shape index (κ3) is 2.64. The SMILES string of the molecule is NC(=O)c1cc(-c2cnc(C(F)F)s2)c2c(n1)CNCC2. The summed E-state index contributed by atoms with van der Waals surface area (Å²) in [5.74, 6) is -0.636. The number of fused-ring (bicyclic) bond motifs is 1. The summed E-state index contributed by atoms with van der Waals surface area (Å²) < 4.78 is 25.4. The average Bonchev–Trinajstić information content (AvgIpc) is 2.96. The Kier molecular flexibility index (Phi) is 3.64. The highest BCUT2D eigenvalue weighted by Gasteiger charge is 2.21. The number of hydrogen-bond donors (Lipinski definition) is 2. The Hall–Kier alpha value is -1.93. The highest BCUT2D eigenvalue weighted by Crippen LogP contribution is 2.35. The second-order valence-corrected chi connectivity index (χ2v) is 5.70.